The zero-order valence-corrected chi connectivity index (χ0v) is 19.9. The first-order valence-corrected chi connectivity index (χ1v) is 11.9. The van der Waals surface area contributed by atoms with Crippen LogP contribution >= 0.6 is 0 Å². The number of nitrogens with zero attached hydrogens (tertiary/aromatic N) is 2. The van der Waals surface area contributed by atoms with E-state index in [1.165, 1.54) is 4.90 Å². The van der Waals surface area contributed by atoms with E-state index in [1.807, 2.05) is 12.1 Å². The minimum atomic E-state index is -0.745. The van der Waals surface area contributed by atoms with Crippen LogP contribution in [0.5, 0.6) is 17.2 Å². The van der Waals surface area contributed by atoms with Crippen LogP contribution in [0.15, 0.2) is 60.7 Å². The van der Waals surface area contributed by atoms with Crippen LogP contribution in [0.25, 0.3) is 5.76 Å². The molecule has 36 heavy (non-hydrogen) atoms. The molecule has 5 rings (SSSR count). The van der Waals surface area contributed by atoms with Gasteiger partial charge in [-0.2, -0.15) is 0 Å². The molecule has 0 radical (unpaired) electrons. The summed E-state index contributed by atoms with van der Waals surface area (Å²) in [4.78, 5) is 30.2. The molecule has 1 N–H and O–H groups in total. The van der Waals surface area contributed by atoms with E-state index in [4.69, 9.17) is 18.9 Å². The molecule has 0 aromatic heterocycles. The highest BCUT2D eigenvalue weighted by molar-refractivity contribution is 6.46. The summed E-state index contributed by atoms with van der Waals surface area (Å²) in [5, 5.41) is 11.3. The Morgan fingerprint density at radius 3 is 2.56 bits per heavy atom. The fourth-order valence-electron chi connectivity index (χ4n) is 4.63. The minimum absolute atomic E-state index is 0.0422. The van der Waals surface area contributed by atoms with Crippen LogP contribution in [0.3, 0.4) is 0 Å². The number of aliphatic hydroxyl groups excluding tert-OH is 1. The van der Waals surface area contributed by atoms with Crippen LogP contribution in [0.4, 0.5) is 0 Å². The summed E-state index contributed by atoms with van der Waals surface area (Å²) < 4.78 is 21.8. The molecular weight excluding hydrogens is 464 g/mol. The van der Waals surface area contributed by atoms with Crippen LogP contribution in [-0.4, -0.2) is 79.4 Å². The van der Waals surface area contributed by atoms with E-state index < -0.39 is 17.7 Å². The summed E-state index contributed by atoms with van der Waals surface area (Å²) in [6.07, 6.45) is 1.65. The molecule has 1 amide bonds. The Morgan fingerprint density at radius 1 is 1.06 bits per heavy atom. The van der Waals surface area contributed by atoms with Gasteiger partial charge in [-0.25, -0.2) is 0 Å². The Hall–Kier alpha value is -3.82. The van der Waals surface area contributed by atoms with E-state index in [0.29, 0.717) is 61.3 Å². The molecule has 2 aromatic rings. The third-order valence-corrected chi connectivity index (χ3v) is 6.51. The quantitative estimate of drug-likeness (QED) is 0.260. The molecular formula is C27H28N2O7. The number of benzene rings is 2. The summed E-state index contributed by atoms with van der Waals surface area (Å²) in [5.41, 5.74) is 1.12. The van der Waals surface area contributed by atoms with Crippen LogP contribution in [0, 0.1) is 0 Å². The SMILES string of the molecule is C=CCOc1ccc(C2/C(=C(\O)c3ccc4c(c3)OCO4)C(=O)C(=O)N2CCN2CCOCC2)cc1. The van der Waals surface area contributed by atoms with Gasteiger partial charge in [0, 0.05) is 31.7 Å². The number of carbonyl (C=O) groups excluding carboxylic acids is 2. The van der Waals surface area contributed by atoms with Gasteiger partial charge in [0.25, 0.3) is 11.7 Å². The van der Waals surface area contributed by atoms with Gasteiger partial charge in [0.05, 0.1) is 24.8 Å². The summed E-state index contributed by atoms with van der Waals surface area (Å²) in [6, 6.07) is 11.4. The molecule has 0 spiro atoms. The maximum Gasteiger partial charge on any atom is 0.295 e. The highest BCUT2D eigenvalue weighted by atomic mass is 16.7. The zero-order chi connectivity index (χ0) is 25.1. The molecule has 2 fully saturated rings. The first-order valence-electron chi connectivity index (χ1n) is 11.9. The van der Waals surface area contributed by atoms with Gasteiger partial charge in [-0.15, -0.1) is 0 Å². The number of amides is 1. The number of likely N-dealkylation sites (tertiary alicyclic amines) is 1. The second kappa shape index (κ2) is 10.4. The van der Waals surface area contributed by atoms with E-state index in [1.54, 1.807) is 36.4 Å². The number of hydrogen-bond donors (Lipinski definition) is 1. The van der Waals surface area contributed by atoms with E-state index in [-0.39, 0.29) is 18.1 Å². The Balaban J connectivity index is 1.51. The highest BCUT2D eigenvalue weighted by Crippen LogP contribution is 2.41. The molecule has 1 atom stereocenters. The van der Waals surface area contributed by atoms with Crippen molar-refractivity contribution < 1.29 is 33.6 Å². The molecule has 0 saturated carbocycles. The number of ether oxygens (including phenoxy) is 4. The fraction of sp³-hybridized carbons (Fsp3) is 0.333. The Kier molecular flexibility index (Phi) is 6.92. The number of rotatable bonds is 8. The van der Waals surface area contributed by atoms with Crippen molar-refractivity contribution in [1.82, 2.24) is 9.80 Å². The third kappa shape index (κ3) is 4.67. The van der Waals surface area contributed by atoms with Crippen molar-refractivity contribution in [3.63, 3.8) is 0 Å². The Bertz CT molecular complexity index is 1190. The second-order valence-corrected chi connectivity index (χ2v) is 8.68. The molecule has 9 nitrogen and oxygen atoms in total. The van der Waals surface area contributed by atoms with Gasteiger partial charge >= 0.3 is 0 Å². The minimum Gasteiger partial charge on any atom is -0.507 e. The predicted octanol–water partition coefficient (Wildman–Crippen LogP) is 2.73. The molecule has 3 aliphatic rings. The smallest absolute Gasteiger partial charge is 0.295 e. The number of Topliss-reactive ketones (excluding diaryl/α,β-unsaturated/α-hetero) is 1. The van der Waals surface area contributed by atoms with E-state index >= 15 is 0 Å². The van der Waals surface area contributed by atoms with Gasteiger partial charge in [-0.1, -0.05) is 24.8 Å². The first-order chi connectivity index (χ1) is 17.6. The van der Waals surface area contributed by atoms with Crippen molar-refractivity contribution in [2.24, 2.45) is 0 Å². The van der Waals surface area contributed by atoms with Gasteiger partial charge in [-0.3, -0.25) is 14.5 Å². The fourth-order valence-corrected chi connectivity index (χ4v) is 4.63. The average molecular weight is 493 g/mol. The first kappa shape index (κ1) is 23.9. The third-order valence-electron chi connectivity index (χ3n) is 6.51. The number of fused-ring (bicyclic) bond motifs is 1. The molecule has 9 heteroatoms. The Labute approximate surface area is 209 Å². The molecule has 3 heterocycles. The van der Waals surface area contributed by atoms with Gasteiger partial charge in [0.2, 0.25) is 6.79 Å². The standard InChI is InChI=1S/C27H28N2O7/c1-2-13-34-20-6-3-18(4-7-20)24-23(25(30)19-5-8-21-22(16-19)36-17-35-21)26(31)27(32)29(24)10-9-28-11-14-33-15-12-28/h2-8,16,24,30H,1,9-15,17H2/b25-23+. The van der Waals surface area contributed by atoms with Gasteiger partial charge in [0.15, 0.2) is 11.5 Å². The van der Waals surface area contributed by atoms with Gasteiger partial charge in [-0.05, 0) is 35.9 Å². The molecule has 0 bridgehead atoms. The lowest BCUT2D eigenvalue weighted by Crippen LogP contribution is -2.42. The number of aliphatic hydroxyl groups is 1. The summed E-state index contributed by atoms with van der Waals surface area (Å²) >= 11 is 0. The topological polar surface area (TPSA) is 97.8 Å². The van der Waals surface area contributed by atoms with Crippen LogP contribution in [-0.2, 0) is 14.3 Å². The largest absolute Gasteiger partial charge is 0.507 e. The van der Waals surface area contributed by atoms with Crippen molar-refractivity contribution in [2.45, 2.75) is 6.04 Å². The Morgan fingerprint density at radius 2 is 1.81 bits per heavy atom. The van der Waals surface area contributed by atoms with Crippen LogP contribution in [0.2, 0.25) is 0 Å². The average Bonchev–Trinajstić information content (AvgIpc) is 3.48. The second-order valence-electron chi connectivity index (χ2n) is 8.68. The van der Waals surface area contributed by atoms with Crippen LogP contribution < -0.4 is 14.2 Å². The number of carbonyl (C=O) groups is 2. The molecule has 2 saturated heterocycles. The van der Waals surface area contributed by atoms with Crippen molar-refractivity contribution in [1.29, 1.82) is 0 Å². The van der Waals surface area contributed by atoms with Crippen molar-refractivity contribution in [3.05, 3.63) is 71.8 Å². The molecule has 1 unspecified atom stereocenters. The lowest BCUT2D eigenvalue weighted by molar-refractivity contribution is -0.140. The predicted molar refractivity (Wildman–Crippen MR) is 131 cm³/mol. The van der Waals surface area contributed by atoms with Crippen molar-refractivity contribution >= 4 is 17.4 Å². The number of morpholine rings is 1. The molecule has 0 aliphatic carbocycles. The molecule has 3 aliphatic heterocycles. The van der Waals surface area contributed by atoms with Gasteiger partial charge in [0.1, 0.15) is 18.1 Å². The normalized spacial score (nSPS) is 21.1. The number of hydrogen-bond acceptors (Lipinski definition) is 8. The summed E-state index contributed by atoms with van der Waals surface area (Å²) in [6.45, 7) is 7.84. The van der Waals surface area contributed by atoms with E-state index in [0.717, 1.165) is 13.1 Å². The lowest BCUT2D eigenvalue weighted by Gasteiger charge is -2.31. The summed E-state index contributed by atoms with van der Waals surface area (Å²) in [7, 11) is 0. The van der Waals surface area contributed by atoms with Crippen molar-refractivity contribution in [2.75, 3.05) is 52.8 Å². The highest BCUT2D eigenvalue weighted by Gasteiger charge is 2.46. The maximum absolute atomic E-state index is 13.3. The maximum atomic E-state index is 13.3. The molecule has 188 valence electrons. The monoisotopic (exact) mass is 492 g/mol. The van der Waals surface area contributed by atoms with Gasteiger partial charge < -0.3 is 29.0 Å². The van der Waals surface area contributed by atoms with E-state index in [2.05, 4.69) is 11.5 Å². The van der Waals surface area contributed by atoms with Crippen molar-refractivity contribution in [3.8, 4) is 17.2 Å². The van der Waals surface area contributed by atoms with Crippen LogP contribution in [0.1, 0.15) is 17.2 Å². The lowest BCUT2D eigenvalue weighted by atomic mass is 9.95. The zero-order valence-electron chi connectivity index (χ0n) is 19.9. The molecule has 2 aromatic carbocycles. The number of ketones is 1. The van der Waals surface area contributed by atoms with E-state index in [9.17, 15) is 14.7 Å². The summed E-state index contributed by atoms with van der Waals surface area (Å²) in [5.74, 6) is 0.0638.